The van der Waals surface area contributed by atoms with Crippen molar-refractivity contribution in [2.45, 2.75) is 103 Å². The van der Waals surface area contributed by atoms with Crippen LogP contribution in [0.25, 0.3) is 0 Å². The molecular formula is C20H42O4Si2. The van der Waals surface area contributed by atoms with E-state index in [4.69, 9.17) is 18.3 Å². The second-order valence-electron chi connectivity index (χ2n) is 10.4. The summed E-state index contributed by atoms with van der Waals surface area (Å²) < 4.78 is 25.0. The average molecular weight is 403 g/mol. The zero-order valence-electron chi connectivity index (χ0n) is 18.9. The van der Waals surface area contributed by atoms with Crippen LogP contribution in [0.15, 0.2) is 12.2 Å². The van der Waals surface area contributed by atoms with Crippen LogP contribution in [-0.4, -0.2) is 48.3 Å². The van der Waals surface area contributed by atoms with Crippen molar-refractivity contribution in [3.63, 3.8) is 0 Å². The first kappa shape index (κ1) is 24.1. The number of allylic oxidation sites excluding steroid dienone is 1. The first-order valence-electron chi connectivity index (χ1n) is 9.82. The topological polar surface area (TPSA) is 36.9 Å². The molecule has 154 valence electrons. The Morgan fingerprint density at radius 3 is 1.38 bits per heavy atom. The van der Waals surface area contributed by atoms with Gasteiger partial charge in [-0.2, -0.15) is 0 Å². The fraction of sp³-hybridized carbons (Fsp3) is 0.900. The van der Waals surface area contributed by atoms with Crippen LogP contribution in [0.4, 0.5) is 0 Å². The van der Waals surface area contributed by atoms with Crippen molar-refractivity contribution in [1.29, 1.82) is 0 Å². The van der Waals surface area contributed by atoms with E-state index in [2.05, 4.69) is 67.7 Å². The van der Waals surface area contributed by atoms with E-state index in [0.717, 1.165) is 0 Å². The van der Waals surface area contributed by atoms with E-state index in [0.29, 0.717) is 13.2 Å². The maximum Gasteiger partial charge on any atom is 0.192 e. The summed E-state index contributed by atoms with van der Waals surface area (Å²) in [7, 11) is -3.64. The van der Waals surface area contributed by atoms with Crippen molar-refractivity contribution >= 4 is 16.6 Å². The van der Waals surface area contributed by atoms with Gasteiger partial charge in [-0.3, -0.25) is 0 Å². The molecule has 0 aromatic rings. The Balaban J connectivity index is 2.77. The number of hydrogen-bond acceptors (Lipinski definition) is 4. The highest BCUT2D eigenvalue weighted by Crippen LogP contribution is 2.38. The maximum atomic E-state index is 6.40. The standard InChI is InChI=1S/C20H42O4Si2/c1-12-13-18-23-16(14-21-25(8,9)19(2,3)4)17(24-18)15-22-26(10,11)20(5,6)7/h12-13,16-18H,14-15H2,1-11H3/b13-12+/t16-,17-/m0/s1. The van der Waals surface area contributed by atoms with Crippen LogP contribution in [-0.2, 0) is 18.3 Å². The summed E-state index contributed by atoms with van der Waals surface area (Å²) in [5, 5.41) is 0.366. The van der Waals surface area contributed by atoms with Crippen LogP contribution in [0.5, 0.6) is 0 Å². The molecule has 0 bridgehead atoms. The normalized spacial score (nSPS) is 24.0. The van der Waals surface area contributed by atoms with E-state index >= 15 is 0 Å². The third-order valence-corrected chi connectivity index (χ3v) is 15.2. The molecule has 26 heavy (non-hydrogen) atoms. The molecule has 0 saturated carbocycles. The Morgan fingerprint density at radius 2 is 1.12 bits per heavy atom. The highest BCUT2D eigenvalue weighted by atomic mass is 28.4. The first-order chi connectivity index (χ1) is 11.6. The largest absolute Gasteiger partial charge is 0.414 e. The summed E-state index contributed by atoms with van der Waals surface area (Å²) in [6.07, 6.45) is 3.44. The van der Waals surface area contributed by atoms with Crippen LogP contribution in [0.3, 0.4) is 0 Å². The van der Waals surface area contributed by atoms with Crippen molar-refractivity contribution < 1.29 is 18.3 Å². The van der Waals surface area contributed by atoms with Crippen molar-refractivity contribution in [3.05, 3.63) is 12.2 Å². The summed E-state index contributed by atoms with van der Waals surface area (Å²) in [6, 6.07) is 0. The zero-order valence-corrected chi connectivity index (χ0v) is 20.9. The lowest BCUT2D eigenvalue weighted by molar-refractivity contribution is -0.0375. The van der Waals surface area contributed by atoms with Gasteiger partial charge < -0.3 is 18.3 Å². The molecule has 0 spiro atoms. The van der Waals surface area contributed by atoms with E-state index in [1.807, 2.05) is 19.1 Å². The van der Waals surface area contributed by atoms with Gasteiger partial charge in [0.25, 0.3) is 0 Å². The Hall–Kier alpha value is 0.0138. The Labute approximate surface area is 163 Å². The predicted octanol–water partition coefficient (Wildman–Crippen LogP) is 5.72. The molecule has 1 saturated heterocycles. The molecular weight excluding hydrogens is 360 g/mol. The number of hydrogen-bond donors (Lipinski definition) is 0. The lowest BCUT2D eigenvalue weighted by atomic mass is 10.2. The Morgan fingerprint density at radius 1 is 0.769 bits per heavy atom. The molecule has 0 amide bonds. The van der Waals surface area contributed by atoms with Crippen molar-refractivity contribution in [2.24, 2.45) is 0 Å². The molecule has 0 radical (unpaired) electrons. The molecule has 1 heterocycles. The van der Waals surface area contributed by atoms with E-state index in [1.165, 1.54) is 0 Å². The number of rotatable bonds is 7. The molecule has 1 rings (SSSR count). The molecule has 0 unspecified atom stereocenters. The van der Waals surface area contributed by atoms with Gasteiger partial charge in [0.2, 0.25) is 0 Å². The second-order valence-corrected chi connectivity index (χ2v) is 20.0. The van der Waals surface area contributed by atoms with Crippen LogP contribution >= 0.6 is 0 Å². The number of ether oxygens (including phenoxy) is 2. The van der Waals surface area contributed by atoms with E-state index in [-0.39, 0.29) is 28.6 Å². The van der Waals surface area contributed by atoms with Crippen LogP contribution in [0.2, 0.25) is 36.3 Å². The zero-order chi connectivity index (χ0) is 20.4. The highest BCUT2D eigenvalue weighted by molar-refractivity contribution is 6.74. The van der Waals surface area contributed by atoms with Gasteiger partial charge in [0.15, 0.2) is 22.9 Å². The highest BCUT2D eigenvalue weighted by Gasteiger charge is 2.43. The van der Waals surface area contributed by atoms with Gasteiger partial charge in [0.1, 0.15) is 12.2 Å². The molecule has 6 heteroatoms. The first-order valence-corrected chi connectivity index (χ1v) is 15.6. The predicted molar refractivity (Wildman–Crippen MR) is 115 cm³/mol. The third kappa shape index (κ3) is 6.28. The summed E-state index contributed by atoms with van der Waals surface area (Å²) in [4.78, 5) is 0. The molecule has 0 aromatic heterocycles. The second kappa shape index (κ2) is 8.58. The van der Waals surface area contributed by atoms with E-state index in [9.17, 15) is 0 Å². The maximum absolute atomic E-state index is 6.40. The Kier molecular flexibility index (Phi) is 7.93. The minimum absolute atomic E-state index is 0.0879. The fourth-order valence-corrected chi connectivity index (χ4v) is 4.13. The van der Waals surface area contributed by atoms with Crippen LogP contribution < -0.4 is 0 Å². The average Bonchev–Trinajstić information content (AvgIpc) is 2.83. The minimum atomic E-state index is -1.82. The summed E-state index contributed by atoms with van der Waals surface area (Å²) in [5.41, 5.74) is 0. The smallest absolute Gasteiger partial charge is 0.192 e. The van der Waals surface area contributed by atoms with Crippen LogP contribution in [0.1, 0.15) is 48.5 Å². The molecule has 0 aliphatic carbocycles. The van der Waals surface area contributed by atoms with Gasteiger partial charge in [0.05, 0.1) is 13.2 Å². The van der Waals surface area contributed by atoms with Gasteiger partial charge in [-0.1, -0.05) is 47.6 Å². The molecule has 2 atom stereocenters. The molecule has 1 aliphatic rings. The molecule has 1 fully saturated rings. The lowest BCUT2D eigenvalue weighted by Crippen LogP contribution is -2.46. The van der Waals surface area contributed by atoms with E-state index < -0.39 is 16.6 Å². The minimum Gasteiger partial charge on any atom is -0.414 e. The fourth-order valence-electron chi connectivity index (χ4n) is 2.11. The SMILES string of the molecule is C/C=C/C1O[C@@H](CO[Si](C)(C)C(C)(C)C)[C@H](CO[Si](C)(C)C(C)(C)C)O1. The molecule has 4 nitrogen and oxygen atoms in total. The van der Waals surface area contributed by atoms with Gasteiger partial charge in [-0.25, -0.2) is 0 Å². The molecule has 0 N–H and O–H groups in total. The van der Waals surface area contributed by atoms with E-state index in [1.54, 1.807) is 0 Å². The van der Waals surface area contributed by atoms with Crippen LogP contribution in [0, 0.1) is 0 Å². The van der Waals surface area contributed by atoms with Gasteiger partial charge in [-0.15, -0.1) is 0 Å². The van der Waals surface area contributed by atoms with Gasteiger partial charge in [-0.05, 0) is 49.3 Å². The van der Waals surface area contributed by atoms with Crippen molar-refractivity contribution in [3.8, 4) is 0 Å². The van der Waals surface area contributed by atoms with Crippen molar-refractivity contribution in [2.75, 3.05) is 13.2 Å². The molecule has 1 aliphatic heterocycles. The quantitative estimate of drug-likeness (QED) is 0.403. The van der Waals surface area contributed by atoms with Gasteiger partial charge >= 0.3 is 0 Å². The lowest BCUT2D eigenvalue weighted by Gasteiger charge is -2.38. The molecule has 0 aromatic carbocycles. The van der Waals surface area contributed by atoms with Crippen molar-refractivity contribution in [1.82, 2.24) is 0 Å². The summed E-state index contributed by atoms with van der Waals surface area (Å²) in [6.45, 7) is 25.7. The summed E-state index contributed by atoms with van der Waals surface area (Å²) >= 11 is 0. The van der Waals surface area contributed by atoms with Gasteiger partial charge in [0, 0.05) is 0 Å². The Bertz CT molecular complexity index is 437. The monoisotopic (exact) mass is 402 g/mol. The summed E-state index contributed by atoms with van der Waals surface area (Å²) in [5.74, 6) is 0. The third-order valence-electron chi connectivity index (χ3n) is 6.21.